The van der Waals surface area contributed by atoms with Gasteiger partial charge in [-0.25, -0.2) is 4.79 Å². The number of Topliss-reactive ketones (excluding diaryl/α,β-unsaturated/α-hetero) is 2. The number of benzene rings is 5. The summed E-state index contributed by atoms with van der Waals surface area (Å²) in [5.41, 5.74) is 4.62. The van der Waals surface area contributed by atoms with Crippen LogP contribution in [-0.4, -0.2) is 60.8 Å². The molecule has 2 aliphatic heterocycles. The molecular weight excluding hydrogens is 827 g/mol. The highest BCUT2D eigenvalue weighted by atomic mass is 16.7. The van der Waals surface area contributed by atoms with Gasteiger partial charge in [-0.3, -0.25) is 9.59 Å². The average molecular weight is 886 g/mol. The van der Waals surface area contributed by atoms with Crippen molar-refractivity contribution in [1.29, 1.82) is 0 Å². The third-order valence-corrected chi connectivity index (χ3v) is 12.7. The Bertz CT molecular complexity index is 2940. The first-order valence-corrected chi connectivity index (χ1v) is 22.9. The minimum absolute atomic E-state index is 0.0919. The average Bonchev–Trinajstić information content (AvgIpc) is 3.28. The Kier molecular flexibility index (Phi) is 13.0. The number of ketones is 2. The zero-order chi connectivity index (χ0) is 46.9. The van der Waals surface area contributed by atoms with Gasteiger partial charge in [0.05, 0.1) is 0 Å². The number of methoxy groups -OCH3 is 1. The van der Waals surface area contributed by atoms with E-state index in [1.807, 2.05) is 56.3 Å². The highest BCUT2D eigenvalue weighted by Gasteiger charge is 2.38. The van der Waals surface area contributed by atoms with Crippen molar-refractivity contribution in [1.82, 2.24) is 4.90 Å². The fourth-order valence-electron chi connectivity index (χ4n) is 9.13. The van der Waals surface area contributed by atoms with Gasteiger partial charge in [0.25, 0.3) is 0 Å². The van der Waals surface area contributed by atoms with Crippen molar-refractivity contribution in [2.24, 2.45) is 0 Å². The van der Waals surface area contributed by atoms with Gasteiger partial charge < -0.3 is 28.6 Å². The maximum absolute atomic E-state index is 15.3. The molecule has 0 fully saturated rings. The molecule has 9 heteroatoms. The number of carbonyl (C=O) groups excluding carboxylic acids is 3. The Hall–Kier alpha value is -6.71. The van der Waals surface area contributed by atoms with Crippen molar-refractivity contribution in [3.63, 3.8) is 0 Å². The predicted octanol–water partition coefficient (Wildman–Crippen LogP) is 13.6. The van der Waals surface area contributed by atoms with Crippen LogP contribution in [0.3, 0.4) is 0 Å². The number of allylic oxidation sites excluding steroid dienone is 6. The summed E-state index contributed by atoms with van der Waals surface area (Å²) >= 11 is 0. The van der Waals surface area contributed by atoms with Crippen molar-refractivity contribution in [3.05, 3.63) is 142 Å². The number of hydrogen-bond acceptors (Lipinski definition) is 8. The molecule has 2 heterocycles. The van der Waals surface area contributed by atoms with Crippen molar-refractivity contribution in [3.8, 4) is 23.0 Å². The van der Waals surface area contributed by atoms with Crippen LogP contribution >= 0.6 is 0 Å². The quantitative estimate of drug-likeness (QED) is 0.0803. The van der Waals surface area contributed by atoms with E-state index in [2.05, 4.69) is 78.0 Å². The molecule has 0 radical (unpaired) electrons. The van der Waals surface area contributed by atoms with Crippen LogP contribution in [0.5, 0.6) is 23.0 Å². The van der Waals surface area contributed by atoms with Gasteiger partial charge in [0.2, 0.25) is 0 Å². The lowest BCUT2D eigenvalue weighted by Gasteiger charge is -2.32. The standard InChI is InChI=1S/C57H59NO8/c1-10-58(11-2)55(61)64-50-33-44-38(21-23-48-40(44)25-29-57(8,66-48)27-15-17-36(5)6)31-46(50)52-51(53(59)41-18-12-13-19-42(41)54(52)60)45-30-37-20-22-47-39(43(37)32-49(45)63-34-62-9)24-28-56(7,65-47)26-14-16-35(3)4/h12-13,16-25,28-33H,10-11,14-15,26-27,34H2,1-9H3. The summed E-state index contributed by atoms with van der Waals surface area (Å²) in [5, 5.41) is 3.18. The maximum atomic E-state index is 15.3. The van der Waals surface area contributed by atoms with E-state index in [4.69, 9.17) is 23.7 Å². The Morgan fingerprint density at radius 1 is 0.652 bits per heavy atom. The Morgan fingerprint density at radius 2 is 1.12 bits per heavy atom. The highest BCUT2D eigenvalue weighted by molar-refractivity contribution is 6.52. The molecular formula is C57H59NO8. The molecule has 0 saturated heterocycles. The summed E-state index contributed by atoms with van der Waals surface area (Å²) in [7, 11) is 1.53. The van der Waals surface area contributed by atoms with Crippen LogP contribution in [0.4, 0.5) is 4.79 Å². The van der Waals surface area contributed by atoms with Gasteiger partial charge >= 0.3 is 6.09 Å². The topological polar surface area (TPSA) is 101 Å². The third-order valence-electron chi connectivity index (χ3n) is 12.7. The molecule has 2 unspecified atom stereocenters. The molecule has 5 aromatic carbocycles. The molecule has 0 bridgehead atoms. The van der Waals surface area contributed by atoms with Gasteiger partial charge in [0.15, 0.2) is 18.4 Å². The zero-order valence-electron chi connectivity index (χ0n) is 39.6. The number of hydrogen-bond donors (Lipinski definition) is 0. The van der Waals surface area contributed by atoms with Crippen molar-refractivity contribution in [2.45, 2.75) is 92.3 Å². The minimum Gasteiger partial charge on any atom is -0.483 e. The Morgan fingerprint density at radius 3 is 1.58 bits per heavy atom. The molecule has 5 aromatic rings. The van der Waals surface area contributed by atoms with Gasteiger partial charge in [0.1, 0.15) is 34.2 Å². The number of amides is 1. The van der Waals surface area contributed by atoms with Crippen LogP contribution in [0.15, 0.2) is 108 Å². The highest BCUT2D eigenvalue weighted by Crippen LogP contribution is 2.48. The molecule has 0 aromatic heterocycles. The van der Waals surface area contributed by atoms with E-state index in [0.717, 1.165) is 64.1 Å². The molecule has 2 atom stereocenters. The molecule has 0 N–H and O–H groups in total. The lowest BCUT2D eigenvalue weighted by Crippen LogP contribution is -2.33. The van der Waals surface area contributed by atoms with Gasteiger partial charge in [-0.1, -0.05) is 71.8 Å². The van der Waals surface area contributed by atoms with E-state index in [0.29, 0.717) is 35.7 Å². The first-order valence-electron chi connectivity index (χ1n) is 22.9. The van der Waals surface area contributed by atoms with E-state index in [-0.39, 0.29) is 46.4 Å². The summed E-state index contributed by atoms with van der Waals surface area (Å²) in [6.07, 6.45) is 15.5. The third kappa shape index (κ3) is 8.97. The van der Waals surface area contributed by atoms with Crippen molar-refractivity contribution < 1.29 is 38.1 Å². The van der Waals surface area contributed by atoms with Gasteiger partial charge in [-0.2, -0.15) is 0 Å². The first kappa shape index (κ1) is 45.8. The zero-order valence-corrected chi connectivity index (χ0v) is 39.6. The molecule has 0 spiro atoms. The molecule has 9 nitrogen and oxygen atoms in total. The SMILES string of the molecule is CCN(CC)C(=O)Oc1cc2c3c(ccc2cc1C1=C(c2cc4ccc5c(c4cc2OCOC)C=CC(C)(CCC=C(C)C)O5)C(=O)c2ccccc2C1=O)OC(C)(CCC=C(C)C)C=C3. The summed E-state index contributed by atoms with van der Waals surface area (Å²) in [6, 6.07) is 22.1. The van der Waals surface area contributed by atoms with Crippen LogP contribution in [-0.2, 0) is 4.74 Å². The second kappa shape index (κ2) is 18.6. The lowest BCUT2D eigenvalue weighted by atomic mass is 9.77. The van der Waals surface area contributed by atoms with Crippen molar-refractivity contribution in [2.75, 3.05) is 27.0 Å². The van der Waals surface area contributed by atoms with Crippen LogP contribution in [0.25, 0.3) is 44.8 Å². The summed E-state index contributed by atoms with van der Waals surface area (Å²) in [5.74, 6) is 1.14. The second-order valence-corrected chi connectivity index (χ2v) is 18.3. The first-order chi connectivity index (χ1) is 31.7. The largest absolute Gasteiger partial charge is 0.483 e. The van der Waals surface area contributed by atoms with Gasteiger partial charge in [-0.15, -0.1) is 0 Å². The normalized spacial score (nSPS) is 18.3. The predicted molar refractivity (Wildman–Crippen MR) is 265 cm³/mol. The summed E-state index contributed by atoms with van der Waals surface area (Å²) in [4.78, 5) is 46.0. The van der Waals surface area contributed by atoms with E-state index in [1.165, 1.54) is 18.3 Å². The van der Waals surface area contributed by atoms with E-state index in [9.17, 15) is 4.79 Å². The summed E-state index contributed by atoms with van der Waals surface area (Å²) < 4.78 is 31.4. The number of fused-ring (bicyclic) bond motifs is 7. The van der Waals surface area contributed by atoms with Crippen molar-refractivity contribution >= 4 is 62.5 Å². The minimum atomic E-state index is -0.580. The molecule has 3 aliphatic rings. The van der Waals surface area contributed by atoms with Crippen LogP contribution in [0, 0.1) is 0 Å². The fourth-order valence-corrected chi connectivity index (χ4v) is 9.13. The van der Waals surface area contributed by atoms with Crippen LogP contribution in [0.1, 0.15) is 124 Å². The van der Waals surface area contributed by atoms with E-state index < -0.39 is 17.3 Å². The number of rotatable bonds is 14. The Balaban J connectivity index is 1.35. The number of nitrogens with zero attached hydrogens (tertiary/aromatic N) is 1. The summed E-state index contributed by atoms with van der Waals surface area (Å²) in [6.45, 7) is 17.0. The lowest BCUT2D eigenvalue weighted by molar-refractivity contribution is 0.0510. The van der Waals surface area contributed by atoms with Gasteiger partial charge in [-0.05, 0) is 151 Å². The Labute approximate surface area is 388 Å². The van der Waals surface area contributed by atoms with Crippen LogP contribution < -0.4 is 18.9 Å². The smallest absolute Gasteiger partial charge is 0.415 e. The second-order valence-electron chi connectivity index (χ2n) is 18.3. The molecule has 1 aliphatic carbocycles. The maximum Gasteiger partial charge on any atom is 0.415 e. The van der Waals surface area contributed by atoms with Crippen LogP contribution in [0.2, 0.25) is 0 Å². The van der Waals surface area contributed by atoms with E-state index >= 15 is 9.59 Å². The molecule has 0 saturated carbocycles. The van der Waals surface area contributed by atoms with E-state index in [1.54, 1.807) is 35.2 Å². The number of ether oxygens (including phenoxy) is 5. The molecule has 340 valence electrons. The molecule has 66 heavy (non-hydrogen) atoms. The number of carbonyl (C=O) groups is 3. The monoisotopic (exact) mass is 885 g/mol. The fraction of sp³-hybridized carbons (Fsp3) is 0.316. The molecule has 8 rings (SSSR count). The molecule has 1 amide bonds. The van der Waals surface area contributed by atoms with Gasteiger partial charge in [0, 0.05) is 64.7 Å².